The molecule has 3 aliphatic heterocycles. The summed E-state index contributed by atoms with van der Waals surface area (Å²) >= 11 is 0. The van der Waals surface area contributed by atoms with Gasteiger partial charge in [0.1, 0.15) is 6.04 Å². The highest BCUT2D eigenvalue weighted by Gasteiger charge is 2.46. The first-order valence-corrected chi connectivity index (χ1v) is 11.2. The van der Waals surface area contributed by atoms with Gasteiger partial charge in [-0.05, 0) is 54.3 Å². The lowest BCUT2D eigenvalue weighted by atomic mass is 9.68. The van der Waals surface area contributed by atoms with Crippen molar-refractivity contribution in [2.75, 3.05) is 19.6 Å². The standard InChI is InChI=1S/C23H30N4O3/c24-13-23-8-2-1-3-17(23)12-26(14-23)10-15-4-5-18-16(9-15)11-27(22(18)30)19-6-7-20(28)25-21(19)29/h4-5,9,17,19H,1-3,6-8,10-14,24H2,(H,25,28,29). The number of benzene rings is 1. The zero-order valence-corrected chi connectivity index (χ0v) is 17.4. The Morgan fingerprint density at radius 1 is 1.17 bits per heavy atom. The number of rotatable bonds is 4. The summed E-state index contributed by atoms with van der Waals surface area (Å²) < 4.78 is 0. The van der Waals surface area contributed by atoms with E-state index >= 15 is 0 Å². The molecule has 3 fully saturated rings. The maximum absolute atomic E-state index is 12.9. The molecule has 3 unspecified atom stereocenters. The molecule has 160 valence electrons. The number of amides is 3. The first-order valence-electron chi connectivity index (χ1n) is 11.2. The Morgan fingerprint density at radius 3 is 2.80 bits per heavy atom. The van der Waals surface area contributed by atoms with Gasteiger partial charge in [-0.3, -0.25) is 24.6 Å². The third-order valence-electron chi connectivity index (χ3n) is 7.76. The van der Waals surface area contributed by atoms with E-state index in [1.165, 1.54) is 31.2 Å². The Kier molecular flexibility index (Phi) is 4.90. The van der Waals surface area contributed by atoms with Crippen LogP contribution in [0, 0.1) is 11.3 Å². The van der Waals surface area contributed by atoms with Gasteiger partial charge in [0.05, 0.1) is 0 Å². The monoisotopic (exact) mass is 410 g/mol. The lowest BCUT2D eigenvalue weighted by molar-refractivity contribution is -0.136. The van der Waals surface area contributed by atoms with E-state index in [0.29, 0.717) is 24.4 Å². The van der Waals surface area contributed by atoms with Crippen LogP contribution in [-0.2, 0) is 22.7 Å². The summed E-state index contributed by atoms with van der Waals surface area (Å²) in [6.07, 6.45) is 5.81. The van der Waals surface area contributed by atoms with Crippen LogP contribution in [0.15, 0.2) is 18.2 Å². The lowest BCUT2D eigenvalue weighted by Gasteiger charge is -2.37. The van der Waals surface area contributed by atoms with Gasteiger partial charge in [-0.15, -0.1) is 0 Å². The van der Waals surface area contributed by atoms with Gasteiger partial charge in [-0.1, -0.05) is 25.0 Å². The number of likely N-dealkylation sites (tertiary alicyclic amines) is 1. The molecule has 7 heteroatoms. The fraction of sp³-hybridized carbons (Fsp3) is 0.609. The molecule has 5 rings (SSSR count). The van der Waals surface area contributed by atoms with Crippen LogP contribution in [0.4, 0.5) is 0 Å². The average molecular weight is 411 g/mol. The van der Waals surface area contributed by atoms with E-state index in [-0.39, 0.29) is 29.6 Å². The van der Waals surface area contributed by atoms with Crippen LogP contribution in [-0.4, -0.2) is 53.2 Å². The van der Waals surface area contributed by atoms with Gasteiger partial charge in [-0.2, -0.15) is 0 Å². The number of hydrogen-bond donors (Lipinski definition) is 2. The molecule has 0 spiro atoms. The van der Waals surface area contributed by atoms with Crippen LogP contribution >= 0.6 is 0 Å². The number of carbonyl (C=O) groups is 3. The molecule has 1 aromatic rings. The number of nitrogens with one attached hydrogen (secondary N) is 1. The smallest absolute Gasteiger partial charge is 0.255 e. The first-order chi connectivity index (χ1) is 14.5. The number of hydrogen-bond acceptors (Lipinski definition) is 5. The molecule has 3 amide bonds. The predicted molar refractivity (Wildman–Crippen MR) is 111 cm³/mol. The summed E-state index contributed by atoms with van der Waals surface area (Å²) in [5, 5.41) is 2.36. The fourth-order valence-electron chi connectivity index (χ4n) is 6.13. The zero-order valence-electron chi connectivity index (χ0n) is 17.4. The summed E-state index contributed by atoms with van der Waals surface area (Å²) in [4.78, 5) is 40.7. The quantitative estimate of drug-likeness (QED) is 0.732. The van der Waals surface area contributed by atoms with E-state index in [1.807, 2.05) is 12.1 Å². The second kappa shape index (κ2) is 7.46. The van der Waals surface area contributed by atoms with Crippen LogP contribution in [0.1, 0.15) is 60.0 Å². The highest BCUT2D eigenvalue weighted by atomic mass is 16.2. The van der Waals surface area contributed by atoms with Gasteiger partial charge < -0.3 is 10.6 Å². The second-order valence-corrected chi connectivity index (χ2v) is 9.57. The van der Waals surface area contributed by atoms with Crippen molar-refractivity contribution >= 4 is 17.7 Å². The molecule has 30 heavy (non-hydrogen) atoms. The third kappa shape index (κ3) is 3.24. The van der Waals surface area contributed by atoms with Crippen molar-refractivity contribution in [1.29, 1.82) is 0 Å². The number of carbonyl (C=O) groups excluding carboxylic acids is 3. The largest absolute Gasteiger partial charge is 0.330 e. The van der Waals surface area contributed by atoms with Crippen molar-refractivity contribution in [1.82, 2.24) is 15.1 Å². The van der Waals surface area contributed by atoms with Gasteiger partial charge in [0, 0.05) is 38.2 Å². The molecular formula is C23H30N4O3. The van der Waals surface area contributed by atoms with Crippen LogP contribution in [0.2, 0.25) is 0 Å². The molecule has 1 aromatic carbocycles. The van der Waals surface area contributed by atoms with E-state index < -0.39 is 6.04 Å². The van der Waals surface area contributed by atoms with Gasteiger partial charge >= 0.3 is 0 Å². The number of nitrogens with zero attached hydrogens (tertiary/aromatic N) is 2. The minimum atomic E-state index is -0.558. The highest BCUT2D eigenvalue weighted by Crippen LogP contribution is 2.46. The maximum atomic E-state index is 12.9. The van der Waals surface area contributed by atoms with Crippen LogP contribution in [0.3, 0.4) is 0 Å². The molecule has 0 radical (unpaired) electrons. The molecule has 3 atom stereocenters. The predicted octanol–water partition coefficient (Wildman–Crippen LogP) is 1.40. The molecule has 3 N–H and O–H groups in total. The molecule has 2 saturated heterocycles. The van der Waals surface area contributed by atoms with Crippen molar-refractivity contribution in [2.24, 2.45) is 17.1 Å². The summed E-state index contributed by atoms with van der Waals surface area (Å²) in [6, 6.07) is 5.51. The third-order valence-corrected chi connectivity index (χ3v) is 7.76. The Hall–Kier alpha value is -2.25. The Bertz CT molecular complexity index is 900. The van der Waals surface area contributed by atoms with E-state index in [1.54, 1.807) is 4.90 Å². The van der Waals surface area contributed by atoms with E-state index in [2.05, 4.69) is 16.3 Å². The molecule has 0 bridgehead atoms. The topological polar surface area (TPSA) is 95.7 Å². The first kappa shape index (κ1) is 19.7. The van der Waals surface area contributed by atoms with Crippen molar-refractivity contribution in [3.05, 3.63) is 34.9 Å². The van der Waals surface area contributed by atoms with Gasteiger partial charge in [0.25, 0.3) is 5.91 Å². The van der Waals surface area contributed by atoms with E-state index in [4.69, 9.17) is 5.73 Å². The fourth-order valence-corrected chi connectivity index (χ4v) is 6.13. The number of imide groups is 1. The molecule has 0 aromatic heterocycles. The van der Waals surface area contributed by atoms with Crippen molar-refractivity contribution in [2.45, 2.75) is 57.7 Å². The van der Waals surface area contributed by atoms with Crippen LogP contribution < -0.4 is 11.1 Å². The van der Waals surface area contributed by atoms with Crippen LogP contribution in [0.5, 0.6) is 0 Å². The lowest BCUT2D eigenvalue weighted by Crippen LogP contribution is -2.52. The van der Waals surface area contributed by atoms with Gasteiger partial charge in [0.15, 0.2) is 0 Å². The normalized spacial score (nSPS) is 31.6. The zero-order chi connectivity index (χ0) is 20.9. The second-order valence-electron chi connectivity index (χ2n) is 9.57. The van der Waals surface area contributed by atoms with Crippen molar-refractivity contribution in [3.63, 3.8) is 0 Å². The summed E-state index contributed by atoms with van der Waals surface area (Å²) in [6.45, 7) is 4.25. The Morgan fingerprint density at radius 2 is 2.03 bits per heavy atom. The Labute approximate surface area is 177 Å². The SMILES string of the molecule is NCC12CCCCC1CN(Cc1ccc3c(c1)CN(C1CCC(=O)NC1=O)C3=O)C2. The van der Waals surface area contributed by atoms with Crippen LogP contribution in [0.25, 0.3) is 0 Å². The molecule has 3 heterocycles. The number of nitrogens with two attached hydrogens (primary N) is 1. The molecule has 1 saturated carbocycles. The minimum Gasteiger partial charge on any atom is -0.330 e. The molecular weight excluding hydrogens is 380 g/mol. The van der Waals surface area contributed by atoms with Crippen molar-refractivity contribution in [3.8, 4) is 0 Å². The van der Waals surface area contributed by atoms with Gasteiger partial charge in [0.2, 0.25) is 11.8 Å². The number of fused-ring (bicyclic) bond motifs is 2. The molecule has 4 aliphatic rings. The number of piperidine rings is 1. The van der Waals surface area contributed by atoms with E-state index in [9.17, 15) is 14.4 Å². The summed E-state index contributed by atoms with van der Waals surface area (Å²) in [7, 11) is 0. The summed E-state index contributed by atoms with van der Waals surface area (Å²) in [5.41, 5.74) is 9.35. The summed E-state index contributed by atoms with van der Waals surface area (Å²) in [5.74, 6) is -0.0286. The maximum Gasteiger partial charge on any atom is 0.255 e. The van der Waals surface area contributed by atoms with Gasteiger partial charge in [-0.25, -0.2) is 0 Å². The molecule has 7 nitrogen and oxygen atoms in total. The minimum absolute atomic E-state index is 0.111. The Balaban J connectivity index is 1.29. The molecule has 1 aliphatic carbocycles. The van der Waals surface area contributed by atoms with E-state index in [0.717, 1.165) is 31.7 Å². The highest BCUT2D eigenvalue weighted by molar-refractivity contribution is 6.05. The van der Waals surface area contributed by atoms with Crippen molar-refractivity contribution < 1.29 is 14.4 Å². The average Bonchev–Trinajstić information content (AvgIpc) is 3.25.